The van der Waals surface area contributed by atoms with Gasteiger partial charge in [-0.05, 0) is 6.42 Å². The number of halogens is 2. The number of hydrogen-bond donors (Lipinski definition) is 0. The van der Waals surface area contributed by atoms with Crippen LogP contribution in [0.1, 0.15) is 23.5 Å². The molecule has 1 atom stereocenters. The summed E-state index contributed by atoms with van der Waals surface area (Å²) < 4.78 is 64.7. The molecule has 21 heavy (non-hydrogen) atoms. The predicted molar refractivity (Wildman–Crippen MR) is 69.2 cm³/mol. The minimum absolute atomic E-state index is 0.0269. The van der Waals surface area contributed by atoms with Gasteiger partial charge in [0.15, 0.2) is 11.5 Å². The fraction of sp³-hybridized carbons (Fsp3) is 0.538. The fourth-order valence-electron chi connectivity index (χ4n) is 2.77. The molecule has 116 valence electrons. The van der Waals surface area contributed by atoms with E-state index in [0.717, 1.165) is 6.26 Å². The molecule has 0 N–H and O–H groups in total. The smallest absolute Gasteiger partial charge is 0.264 e. The van der Waals surface area contributed by atoms with Gasteiger partial charge in [0.25, 0.3) is 10.1 Å². The molecule has 0 saturated heterocycles. The van der Waals surface area contributed by atoms with Crippen LogP contribution in [0.2, 0.25) is 0 Å². The van der Waals surface area contributed by atoms with Gasteiger partial charge >= 0.3 is 0 Å². The molecular weight excluding hydrogens is 306 g/mol. The van der Waals surface area contributed by atoms with Crippen LogP contribution in [-0.4, -0.2) is 34.5 Å². The largest absolute Gasteiger partial charge is 0.490 e. The van der Waals surface area contributed by atoms with Gasteiger partial charge < -0.3 is 9.47 Å². The molecular formula is C13H14F2O5S. The Labute approximate surface area is 120 Å². The highest BCUT2D eigenvalue weighted by Crippen LogP contribution is 2.47. The van der Waals surface area contributed by atoms with Crippen molar-refractivity contribution in [2.45, 2.75) is 18.8 Å². The molecule has 0 amide bonds. The van der Waals surface area contributed by atoms with Crippen molar-refractivity contribution in [3.8, 4) is 11.5 Å². The molecule has 8 heteroatoms. The molecule has 0 aliphatic carbocycles. The van der Waals surface area contributed by atoms with E-state index >= 15 is 0 Å². The summed E-state index contributed by atoms with van der Waals surface area (Å²) in [5, 5.41) is 0. The third kappa shape index (κ3) is 2.57. The summed E-state index contributed by atoms with van der Waals surface area (Å²) in [7, 11) is -3.52. The Balaban J connectivity index is 1.88. The van der Waals surface area contributed by atoms with Crippen molar-refractivity contribution in [2.75, 3.05) is 26.1 Å². The molecule has 5 nitrogen and oxygen atoms in total. The Morgan fingerprint density at radius 3 is 2.67 bits per heavy atom. The molecule has 2 aliphatic rings. The number of rotatable bonds is 4. The highest BCUT2D eigenvalue weighted by Gasteiger charge is 2.37. The van der Waals surface area contributed by atoms with Crippen molar-refractivity contribution in [1.82, 2.24) is 0 Å². The average Bonchev–Trinajstić information content (AvgIpc) is 3.00. The predicted octanol–water partition coefficient (Wildman–Crippen LogP) is 1.74. The van der Waals surface area contributed by atoms with Crippen molar-refractivity contribution in [1.29, 1.82) is 0 Å². The molecule has 0 spiro atoms. The van der Waals surface area contributed by atoms with Crippen LogP contribution in [0.3, 0.4) is 0 Å². The maximum Gasteiger partial charge on any atom is 0.264 e. The number of hydrogen-bond acceptors (Lipinski definition) is 5. The molecule has 1 unspecified atom stereocenters. The molecule has 0 saturated carbocycles. The second-order valence-electron chi connectivity index (χ2n) is 5.10. The maximum absolute atomic E-state index is 13.9. The van der Waals surface area contributed by atoms with Gasteiger partial charge in [0.2, 0.25) is 11.6 Å². The van der Waals surface area contributed by atoms with Gasteiger partial charge in [-0.2, -0.15) is 17.2 Å². The summed E-state index contributed by atoms with van der Waals surface area (Å²) in [6.45, 7) is 0.449. The molecule has 1 aromatic carbocycles. The Hall–Kier alpha value is -1.41. The molecule has 0 fully saturated rings. The summed E-state index contributed by atoms with van der Waals surface area (Å²) in [6.07, 6.45) is 1.80. The zero-order valence-electron chi connectivity index (χ0n) is 11.3. The lowest BCUT2D eigenvalue weighted by Crippen LogP contribution is -2.10. The molecule has 2 aliphatic heterocycles. The van der Waals surface area contributed by atoms with Crippen LogP contribution in [0.5, 0.6) is 11.5 Å². The zero-order valence-corrected chi connectivity index (χ0v) is 12.1. The van der Waals surface area contributed by atoms with Gasteiger partial charge in [-0.3, -0.25) is 4.18 Å². The van der Waals surface area contributed by atoms with E-state index in [9.17, 15) is 17.2 Å². The second kappa shape index (κ2) is 5.10. The van der Waals surface area contributed by atoms with Gasteiger partial charge in [-0.15, -0.1) is 0 Å². The first kappa shape index (κ1) is 14.5. The summed E-state index contributed by atoms with van der Waals surface area (Å²) in [5.74, 6) is -2.43. The zero-order chi connectivity index (χ0) is 15.2. The van der Waals surface area contributed by atoms with Crippen LogP contribution in [0.15, 0.2) is 0 Å². The highest BCUT2D eigenvalue weighted by molar-refractivity contribution is 7.85. The monoisotopic (exact) mass is 320 g/mol. The summed E-state index contributed by atoms with van der Waals surface area (Å²) >= 11 is 0. The average molecular weight is 320 g/mol. The van der Waals surface area contributed by atoms with E-state index in [4.69, 9.17) is 13.7 Å². The van der Waals surface area contributed by atoms with E-state index in [1.165, 1.54) is 0 Å². The maximum atomic E-state index is 13.9. The first-order chi connectivity index (χ1) is 9.88. The van der Waals surface area contributed by atoms with Crippen LogP contribution in [0, 0.1) is 11.6 Å². The van der Waals surface area contributed by atoms with Crippen LogP contribution < -0.4 is 9.47 Å². The van der Waals surface area contributed by atoms with Crippen LogP contribution >= 0.6 is 0 Å². The lowest BCUT2D eigenvalue weighted by Gasteiger charge is -2.12. The lowest BCUT2D eigenvalue weighted by molar-refractivity contribution is 0.269. The Bertz CT molecular complexity index is 687. The third-order valence-electron chi connectivity index (χ3n) is 3.63. The van der Waals surface area contributed by atoms with Gasteiger partial charge in [0, 0.05) is 23.5 Å². The second-order valence-corrected chi connectivity index (χ2v) is 6.74. The highest BCUT2D eigenvalue weighted by atomic mass is 32.2. The van der Waals surface area contributed by atoms with Gasteiger partial charge in [0.05, 0.1) is 26.1 Å². The first-order valence-electron chi connectivity index (χ1n) is 6.52. The SMILES string of the molecule is CS(=O)(=O)OCCC1COc2c(F)c(F)c3c(c21)CCO3. The topological polar surface area (TPSA) is 61.8 Å². The van der Waals surface area contributed by atoms with E-state index in [1.54, 1.807) is 0 Å². The molecule has 3 rings (SSSR count). The molecule has 1 aromatic rings. The van der Waals surface area contributed by atoms with Crippen LogP contribution in [-0.2, 0) is 20.7 Å². The third-order valence-corrected chi connectivity index (χ3v) is 4.23. The molecule has 0 bridgehead atoms. The van der Waals surface area contributed by atoms with Crippen LogP contribution in [0.4, 0.5) is 8.78 Å². The molecule has 2 heterocycles. The standard InChI is InChI=1S/C13H14F2O5S/c1-21(16,17)20-5-2-7-6-19-13-9(7)8-3-4-18-12(8)10(14)11(13)15/h7H,2-6H2,1H3. The lowest BCUT2D eigenvalue weighted by atomic mass is 9.92. The van der Waals surface area contributed by atoms with Gasteiger partial charge in [-0.1, -0.05) is 0 Å². The van der Waals surface area contributed by atoms with Crippen molar-refractivity contribution in [3.05, 3.63) is 22.8 Å². The number of fused-ring (bicyclic) bond motifs is 3. The van der Waals surface area contributed by atoms with E-state index in [1.807, 2.05) is 0 Å². The van der Waals surface area contributed by atoms with E-state index < -0.39 is 21.8 Å². The van der Waals surface area contributed by atoms with E-state index in [0.29, 0.717) is 30.6 Å². The summed E-state index contributed by atoms with van der Waals surface area (Å²) in [5.41, 5.74) is 1.20. The Morgan fingerprint density at radius 1 is 1.24 bits per heavy atom. The number of benzene rings is 1. The Morgan fingerprint density at radius 2 is 1.95 bits per heavy atom. The van der Waals surface area contributed by atoms with Crippen LogP contribution in [0.25, 0.3) is 0 Å². The minimum atomic E-state index is -3.52. The van der Waals surface area contributed by atoms with Gasteiger partial charge in [-0.25, -0.2) is 0 Å². The summed E-state index contributed by atoms with van der Waals surface area (Å²) in [6, 6.07) is 0. The van der Waals surface area contributed by atoms with Crippen molar-refractivity contribution in [2.24, 2.45) is 0 Å². The van der Waals surface area contributed by atoms with Crippen molar-refractivity contribution in [3.63, 3.8) is 0 Å². The quantitative estimate of drug-likeness (QED) is 0.791. The molecule has 0 radical (unpaired) electrons. The number of ether oxygens (including phenoxy) is 2. The van der Waals surface area contributed by atoms with Gasteiger partial charge in [0.1, 0.15) is 0 Å². The Kier molecular flexibility index (Phi) is 3.53. The minimum Gasteiger partial charge on any atom is -0.490 e. The summed E-state index contributed by atoms with van der Waals surface area (Å²) in [4.78, 5) is 0. The van der Waals surface area contributed by atoms with E-state index in [-0.39, 0.29) is 30.6 Å². The van der Waals surface area contributed by atoms with E-state index in [2.05, 4.69) is 0 Å². The molecule has 0 aromatic heterocycles. The normalized spacial score (nSPS) is 19.9. The van der Waals surface area contributed by atoms with Crippen molar-refractivity contribution >= 4 is 10.1 Å². The first-order valence-corrected chi connectivity index (χ1v) is 8.34. The van der Waals surface area contributed by atoms with Crippen molar-refractivity contribution < 1.29 is 30.9 Å². The fourth-order valence-corrected chi connectivity index (χ4v) is 3.17.